The van der Waals surface area contributed by atoms with E-state index >= 15 is 0 Å². The van der Waals surface area contributed by atoms with Gasteiger partial charge in [-0.1, -0.05) is 0 Å². The Labute approximate surface area is 61.1 Å². The molecule has 0 aliphatic rings. The predicted molar refractivity (Wildman–Crippen MR) is 39.0 cm³/mol. The molecule has 1 N–H and O–H groups in total. The Morgan fingerprint density at radius 1 is 1.60 bits per heavy atom. The summed E-state index contributed by atoms with van der Waals surface area (Å²) in [5.74, 6) is 0. The predicted octanol–water partition coefficient (Wildman–Crippen LogP) is -0.0960. The molecule has 0 fully saturated rings. The third-order valence-corrected chi connectivity index (χ3v) is 1.01. The Balaban J connectivity index is 3.12. The number of methoxy groups -OCH3 is 1. The van der Waals surface area contributed by atoms with Crippen molar-refractivity contribution in [2.75, 3.05) is 34.3 Å². The lowest BCUT2D eigenvalue weighted by Gasteiger charge is -2.08. The van der Waals surface area contributed by atoms with Gasteiger partial charge in [-0.15, -0.1) is 0 Å². The minimum absolute atomic E-state index is 0.373. The lowest BCUT2D eigenvalue weighted by atomic mass is 10.6. The van der Waals surface area contributed by atoms with Gasteiger partial charge in [-0.3, -0.25) is 0 Å². The molecule has 0 atom stereocenters. The van der Waals surface area contributed by atoms with Crippen LogP contribution in [0.25, 0.3) is 0 Å². The average molecular weight is 146 g/mol. The van der Waals surface area contributed by atoms with Crippen LogP contribution in [0.4, 0.5) is 4.79 Å². The fraction of sp³-hybridized carbons (Fsp3) is 0.833. The minimum atomic E-state index is -0.373. The van der Waals surface area contributed by atoms with Crippen molar-refractivity contribution in [3.8, 4) is 0 Å². The molecule has 0 heterocycles. The molecule has 0 spiro atoms. The van der Waals surface area contributed by atoms with Crippen molar-refractivity contribution >= 4 is 6.09 Å². The van der Waals surface area contributed by atoms with Gasteiger partial charge in [0.25, 0.3) is 0 Å². The molecule has 0 aromatic carbocycles. The van der Waals surface area contributed by atoms with Crippen LogP contribution in [0, 0.1) is 0 Å². The molecule has 0 bridgehead atoms. The Morgan fingerprint density at radius 3 is 2.60 bits per heavy atom. The number of amides is 1. The molecule has 0 saturated heterocycles. The number of carbonyl (C=O) groups excluding carboxylic acids is 1. The zero-order valence-corrected chi connectivity index (χ0v) is 6.68. The number of hydrogen-bond acceptors (Lipinski definition) is 3. The second-order valence-electron chi connectivity index (χ2n) is 2.22. The number of nitrogens with one attached hydrogen (secondary N) is 1. The maximum Gasteiger partial charge on any atom is 0.406 e. The molecule has 0 aromatic rings. The standard InChI is InChI=1S/C6H14N2O2/c1-8(2)5-4-7-6(9)10-3/h4-5H2,1-3H3,(H,7,9). The molecule has 1 amide bonds. The highest BCUT2D eigenvalue weighted by Gasteiger charge is 1.95. The number of alkyl carbamates (subject to hydrolysis) is 1. The normalized spacial score (nSPS) is 9.60. The maximum atomic E-state index is 10.4. The largest absolute Gasteiger partial charge is 0.453 e. The van der Waals surface area contributed by atoms with Gasteiger partial charge >= 0.3 is 6.09 Å². The van der Waals surface area contributed by atoms with E-state index in [1.54, 1.807) is 0 Å². The van der Waals surface area contributed by atoms with Gasteiger partial charge in [0.2, 0.25) is 0 Å². The molecule has 4 nitrogen and oxygen atoms in total. The summed E-state index contributed by atoms with van der Waals surface area (Å²) in [5, 5.41) is 2.56. The van der Waals surface area contributed by atoms with Gasteiger partial charge in [0.15, 0.2) is 0 Å². The molecule has 4 heteroatoms. The van der Waals surface area contributed by atoms with Crippen molar-refractivity contribution in [3.63, 3.8) is 0 Å². The summed E-state index contributed by atoms with van der Waals surface area (Å²) in [7, 11) is 5.24. The van der Waals surface area contributed by atoms with Crippen LogP contribution < -0.4 is 5.32 Å². The molecule has 10 heavy (non-hydrogen) atoms. The van der Waals surface area contributed by atoms with E-state index in [1.165, 1.54) is 7.11 Å². The Bertz CT molecular complexity index is 104. The van der Waals surface area contributed by atoms with E-state index in [2.05, 4.69) is 10.1 Å². The van der Waals surface area contributed by atoms with Crippen LogP contribution in [0.5, 0.6) is 0 Å². The summed E-state index contributed by atoms with van der Waals surface area (Å²) in [4.78, 5) is 12.4. The quantitative estimate of drug-likeness (QED) is 0.604. The first kappa shape index (κ1) is 9.23. The Morgan fingerprint density at radius 2 is 2.20 bits per heavy atom. The van der Waals surface area contributed by atoms with Crippen molar-refractivity contribution in [1.82, 2.24) is 10.2 Å². The van der Waals surface area contributed by atoms with Gasteiger partial charge in [-0.2, -0.15) is 0 Å². The van der Waals surface area contributed by atoms with Gasteiger partial charge in [0.1, 0.15) is 0 Å². The van der Waals surface area contributed by atoms with Crippen molar-refractivity contribution in [2.24, 2.45) is 0 Å². The summed E-state index contributed by atoms with van der Waals surface area (Å²) in [6.07, 6.45) is -0.373. The van der Waals surface area contributed by atoms with E-state index in [1.807, 2.05) is 19.0 Å². The van der Waals surface area contributed by atoms with Gasteiger partial charge in [0, 0.05) is 13.1 Å². The molecule has 0 aliphatic carbocycles. The number of ether oxygens (including phenoxy) is 1. The van der Waals surface area contributed by atoms with Crippen LogP contribution in [0.2, 0.25) is 0 Å². The summed E-state index contributed by atoms with van der Waals surface area (Å²) in [6, 6.07) is 0. The van der Waals surface area contributed by atoms with Crippen molar-refractivity contribution < 1.29 is 9.53 Å². The molecule has 0 saturated carbocycles. The molecular formula is C6H14N2O2. The SMILES string of the molecule is COC(=O)NCCN(C)C. The second kappa shape index (κ2) is 5.05. The molecule has 0 unspecified atom stereocenters. The number of carbonyl (C=O) groups is 1. The van der Waals surface area contributed by atoms with Gasteiger partial charge < -0.3 is 15.0 Å². The van der Waals surface area contributed by atoms with E-state index < -0.39 is 0 Å². The maximum absolute atomic E-state index is 10.4. The van der Waals surface area contributed by atoms with Gasteiger partial charge in [-0.05, 0) is 14.1 Å². The van der Waals surface area contributed by atoms with E-state index in [-0.39, 0.29) is 6.09 Å². The van der Waals surface area contributed by atoms with E-state index in [4.69, 9.17) is 0 Å². The summed E-state index contributed by atoms with van der Waals surface area (Å²) >= 11 is 0. The van der Waals surface area contributed by atoms with Crippen molar-refractivity contribution in [1.29, 1.82) is 0 Å². The fourth-order valence-electron chi connectivity index (χ4n) is 0.454. The topological polar surface area (TPSA) is 41.6 Å². The van der Waals surface area contributed by atoms with Gasteiger partial charge in [0.05, 0.1) is 7.11 Å². The smallest absolute Gasteiger partial charge is 0.406 e. The minimum Gasteiger partial charge on any atom is -0.453 e. The lowest BCUT2D eigenvalue weighted by Crippen LogP contribution is -2.31. The van der Waals surface area contributed by atoms with Crippen LogP contribution in [0.3, 0.4) is 0 Å². The number of rotatable bonds is 3. The number of nitrogens with zero attached hydrogens (tertiary/aromatic N) is 1. The summed E-state index contributed by atoms with van der Waals surface area (Å²) in [5.41, 5.74) is 0. The monoisotopic (exact) mass is 146 g/mol. The van der Waals surface area contributed by atoms with E-state index in [9.17, 15) is 4.79 Å². The Hall–Kier alpha value is -0.770. The second-order valence-corrected chi connectivity index (χ2v) is 2.22. The van der Waals surface area contributed by atoms with E-state index in [0.717, 1.165) is 6.54 Å². The highest BCUT2D eigenvalue weighted by molar-refractivity contribution is 5.66. The average Bonchev–Trinajstić information content (AvgIpc) is 1.87. The number of hydrogen-bond donors (Lipinski definition) is 1. The third kappa shape index (κ3) is 5.37. The fourth-order valence-corrected chi connectivity index (χ4v) is 0.454. The van der Waals surface area contributed by atoms with E-state index in [0.29, 0.717) is 6.54 Å². The molecule has 0 aromatic heterocycles. The van der Waals surface area contributed by atoms with Crippen LogP contribution in [0.1, 0.15) is 0 Å². The van der Waals surface area contributed by atoms with Crippen molar-refractivity contribution in [3.05, 3.63) is 0 Å². The van der Waals surface area contributed by atoms with Crippen LogP contribution in [0.15, 0.2) is 0 Å². The zero-order chi connectivity index (χ0) is 7.98. The Kier molecular flexibility index (Phi) is 4.66. The van der Waals surface area contributed by atoms with Crippen LogP contribution in [-0.4, -0.2) is 45.3 Å². The van der Waals surface area contributed by atoms with Crippen molar-refractivity contribution in [2.45, 2.75) is 0 Å². The zero-order valence-electron chi connectivity index (χ0n) is 6.68. The molecule has 0 radical (unpaired) electrons. The molecule has 0 rings (SSSR count). The first-order valence-electron chi connectivity index (χ1n) is 3.13. The van der Waals surface area contributed by atoms with Crippen LogP contribution >= 0.6 is 0 Å². The first-order chi connectivity index (χ1) is 4.66. The number of likely N-dealkylation sites (N-methyl/N-ethyl adjacent to an activating group) is 1. The highest BCUT2D eigenvalue weighted by atomic mass is 16.5. The molecular weight excluding hydrogens is 132 g/mol. The first-order valence-corrected chi connectivity index (χ1v) is 3.13. The highest BCUT2D eigenvalue weighted by Crippen LogP contribution is 1.73. The van der Waals surface area contributed by atoms with Gasteiger partial charge in [-0.25, -0.2) is 4.79 Å². The molecule has 60 valence electrons. The summed E-state index contributed by atoms with van der Waals surface area (Å²) < 4.78 is 4.36. The lowest BCUT2D eigenvalue weighted by molar-refractivity contribution is 0.170. The molecule has 0 aliphatic heterocycles. The third-order valence-electron chi connectivity index (χ3n) is 1.01. The van der Waals surface area contributed by atoms with Crippen LogP contribution in [-0.2, 0) is 4.74 Å². The summed E-state index contributed by atoms with van der Waals surface area (Å²) in [6.45, 7) is 1.45.